The second kappa shape index (κ2) is 6.34. The minimum atomic E-state index is -0.495. The van der Waals surface area contributed by atoms with E-state index < -0.39 is 4.92 Å². The summed E-state index contributed by atoms with van der Waals surface area (Å²) >= 11 is 1.44. The third-order valence-corrected chi connectivity index (χ3v) is 4.01. The lowest BCUT2D eigenvalue weighted by molar-refractivity contribution is -0.384. The number of carbonyl (C=O) groups is 1. The maximum Gasteiger partial charge on any atom is 0.270 e. The van der Waals surface area contributed by atoms with Crippen LogP contribution in [0, 0.1) is 17.0 Å². The molecule has 0 aliphatic carbocycles. The molecule has 0 saturated carbocycles. The summed E-state index contributed by atoms with van der Waals surface area (Å²) in [5.74, 6) is 0.161. The highest BCUT2D eigenvalue weighted by Gasteiger charge is 2.12. The topological polar surface area (TPSA) is 60.2 Å². The molecule has 0 bridgehead atoms. The first-order chi connectivity index (χ1) is 9.58. The van der Waals surface area contributed by atoms with Crippen LogP contribution in [0.2, 0.25) is 0 Å². The number of nitro groups is 1. The number of aryl methyl sites for hydroxylation is 1. The van der Waals surface area contributed by atoms with Gasteiger partial charge in [-0.05, 0) is 18.6 Å². The highest BCUT2D eigenvalue weighted by molar-refractivity contribution is 8.00. The number of nitro benzene ring substituents is 1. The molecule has 0 fully saturated rings. The van der Waals surface area contributed by atoms with Crippen LogP contribution in [0.3, 0.4) is 0 Å². The second-order valence-corrected chi connectivity index (χ2v) is 5.30. The zero-order valence-corrected chi connectivity index (χ0v) is 11.7. The summed E-state index contributed by atoms with van der Waals surface area (Å²) in [6, 6.07) is 13.7. The number of thioether (sulfide) groups is 1. The molecule has 0 N–H and O–H groups in total. The first kappa shape index (κ1) is 14.3. The molecule has 0 unspecified atom stereocenters. The van der Waals surface area contributed by atoms with Crippen molar-refractivity contribution in [1.29, 1.82) is 0 Å². The van der Waals surface area contributed by atoms with Gasteiger partial charge in [-0.25, -0.2) is 0 Å². The van der Waals surface area contributed by atoms with Gasteiger partial charge in [0, 0.05) is 22.6 Å². The fourth-order valence-electron chi connectivity index (χ4n) is 1.74. The Balaban J connectivity index is 2.07. The molecule has 2 aromatic rings. The fourth-order valence-corrected chi connectivity index (χ4v) is 2.66. The number of Topliss-reactive ketones (excluding diaryl/α,β-unsaturated/α-hetero) is 1. The maximum atomic E-state index is 12.1. The smallest absolute Gasteiger partial charge is 0.270 e. The van der Waals surface area contributed by atoms with E-state index >= 15 is 0 Å². The number of benzene rings is 2. The normalized spacial score (nSPS) is 10.2. The van der Waals surface area contributed by atoms with Gasteiger partial charge in [0.05, 0.1) is 10.7 Å². The second-order valence-electron chi connectivity index (χ2n) is 4.28. The number of non-ortho nitro benzene ring substituents is 1. The number of carbonyl (C=O) groups excluding carboxylic acids is 1. The molecule has 2 aromatic carbocycles. The van der Waals surface area contributed by atoms with E-state index in [1.807, 2.05) is 31.2 Å². The Hall–Kier alpha value is -2.14. The van der Waals surface area contributed by atoms with Crippen molar-refractivity contribution in [1.82, 2.24) is 0 Å². The van der Waals surface area contributed by atoms with E-state index in [1.54, 1.807) is 6.07 Å². The molecule has 0 saturated heterocycles. The Morgan fingerprint density at radius 1 is 1.20 bits per heavy atom. The number of ketones is 1. The molecule has 102 valence electrons. The molecular formula is C15H13NO3S. The quantitative estimate of drug-likeness (QED) is 0.362. The van der Waals surface area contributed by atoms with Crippen LogP contribution in [0.1, 0.15) is 15.9 Å². The van der Waals surface area contributed by atoms with Crippen LogP contribution < -0.4 is 0 Å². The van der Waals surface area contributed by atoms with Crippen molar-refractivity contribution in [2.24, 2.45) is 0 Å². The van der Waals surface area contributed by atoms with Gasteiger partial charge in [-0.3, -0.25) is 14.9 Å². The minimum absolute atomic E-state index is 0.0586. The Labute approximate surface area is 121 Å². The summed E-state index contributed by atoms with van der Waals surface area (Å²) in [4.78, 5) is 23.3. The van der Waals surface area contributed by atoms with E-state index in [0.29, 0.717) is 5.56 Å². The first-order valence-electron chi connectivity index (χ1n) is 6.04. The standard InChI is InChI=1S/C15H13NO3S/c1-11-5-2-3-8-15(11)20-10-14(17)12-6-4-7-13(9-12)16(18)19/h2-9H,10H2,1H3. The molecule has 20 heavy (non-hydrogen) atoms. The molecule has 0 atom stereocenters. The lowest BCUT2D eigenvalue weighted by atomic mass is 10.1. The highest BCUT2D eigenvalue weighted by atomic mass is 32.2. The predicted octanol–water partition coefficient (Wildman–Crippen LogP) is 3.88. The molecule has 5 heteroatoms. The molecule has 0 aliphatic rings. The molecule has 2 rings (SSSR count). The highest BCUT2D eigenvalue weighted by Crippen LogP contribution is 2.23. The number of rotatable bonds is 5. The van der Waals surface area contributed by atoms with Crippen LogP contribution in [0.15, 0.2) is 53.4 Å². The van der Waals surface area contributed by atoms with E-state index in [-0.39, 0.29) is 17.2 Å². The van der Waals surface area contributed by atoms with Crippen molar-refractivity contribution >= 4 is 23.2 Å². The van der Waals surface area contributed by atoms with Crippen molar-refractivity contribution in [3.8, 4) is 0 Å². The van der Waals surface area contributed by atoms with Gasteiger partial charge in [-0.15, -0.1) is 11.8 Å². The van der Waals surface area contributed by atoms with Gasteiger partial charge in [0.2, 0.25) is 0 Å². The lowest BCUT2D eigenvalue weighted by Gasteiger charge is -2.04. The summed E-state index contributed by atoms with van der Waals surface area (Å²) in [6.45, 7) is 1.99. The van der Waals surface area contributed by atoms with Crippen molar-refractivity contribution in [2.45, 2.75) is 11.8 Å². The van der Waals surface area contributed by atoms with Crippen molar-refractivity contribution in [3.05, 3.63) is 69.8 Å². The molecular weight excluding hydrogens is 274 g/mol. The predicted molar refractivity (Wildman–Crippen MR) is 79.3 cm³/mol. The first-order valence-corrected chi connectivity index (χ1v) is 7.02. The maximum absolute atomic E-state index is 12.1. The van der Waals surface area contributed by atoms with Gasteiger partial charge in [-0.1, -0.05) is 30.3 Å². The third kappa shape index (κ3) is 3.45. The van der Waals surface area contributed by atoms with Gasteiger partial charge >= 0.3 is 0 Å². The average Bonchev–Trinajstić information content (AvgIpc) is 2.46. The fraction of sp³-hybridized carbons (Fsp3) is 0.133. The Kier molecular flexibility index (Phi) is 4.53. The van der Waals surface area contributed by atoms with Crippen molar-refractivity contribution in [2.75, 3.05) is 5.75 Å². The van der Waals surface area contributed by atoms with Crippen molar-refractivity contribution in [3.63, 3.8) is 0 Å². The van der Waals surface area contributed by atoms with Gasteiger partial charge < -0.3 is 0 Å². The average molecular weight is 287 g/mol. The number of nitrogens with zero attached hydrogens (tertiary/aromatic N) is 1. The van der Waals surface area contributed by atoms with Crippen LogP contribution in [-0.4, -0.2) is 16.5 Å². The summed E-state index contributed by atoms with van der Waals surface area (Å²) in [7, 11) is 0. The van der Waals surface area contributed by atoms with Crippen LogP contribution in [0.4, 0.5) is 5.69 Å². The molecule has 0 amide bonds. The molecule has 0 aromatic heterocycles. The van der Waals surface area contributed by atoms with E-state index in [2.05, 4.69) is 0 Å². The van der Waals surface area contributed by atoms with Crippen LogP contribution >= 0.6 is 11.8 Å². The Bertz CT molecular complexity index is 655. The van der Waals surface area contributed by atoms with E-state index in [4.69, 9.17) is 0 Å². The largest absolute Gasteiger partial charge is 0.293 e. The molecule has 0 radical (unpaired) electrons. The van der Waals surface area contributed by atoms with Crippen LogP contribution in [0.5, 0.6) is 0 Å². The number of hydrogen-bond acceptors (Lipinski definition) is 4. The minimum Gasteiger partial charge on any atom is -0.293 e. The van der Waals surface area contributed by atoms with Gasteiger partial charge in [0.25, 0.3) is 5.69 Å². The molecule has 4 nitrogen and oxygen atoms in total. The Morgan fingerprint density at radius 2 is 1.95 bits per heavy atom. The van der Waals surface area contributed by atoms with Gasteiger partial charge in [0.1, 0.15) is 0 Å². The SMILES string of the molecule is Cc1ccccc1SCC(=O)c1cccc([N+](=O)[O-])c1. The summed E-state index contributed by atoms with van der Waals surface area (Å²) in [5, 5.41) is 10.7. The van der Waals surface area contributed by atoms with Crippen LogP contribution in [0.25, 0.3) is 0 Å². The van der Waals surface area contributed by atoms with Crippen molar-refractivity contribution < 1.29 is 9.72 Å². The zero-order valence-electron chi connectivity index (χ0n) is 10.9. The summed E-state index contributed by atoms with van der Waals surface area (Å²) in [6.07, 6.45) is 0. The lowest BCUT2D eigenvalue weighted by Crippen LogP contribution is -2.03. The van der Waals surface area contributed by atoms with E-state index in [0.717, 1.165) is 10.5 Å². The van der Waals surface area contributed by atoms with E-state index in [9.17, 15) is 14.9 Å². The molecule has 0 aliphatic heterocycles. The van der Waals surface area contributed by atoms with Gasteiger partial charge in [0.15, 0.2) is 5.78 Å². The monoisotopic (exact) mass is 287 g/mol. The molecule has 0 heterocycles. The summed E-state index contributed by atoms with van der Waals surface area (Å²) < 4.78 is 0. The molecule has 0 spiro atoms. The zero-order chi connectivity index (χ0) is 14.5. The van der Waals surface area contributed by atoms with Gasteiger partial charge in [-0.2, -0.15) is 0 Å². The summed E-state index contributed by atoms with van der Waals surface area (Å²) in [5.41, 5.74) is 1.43. The van der Waals surface area contributed by atoms with E-state index in [1.165, 1.54) is 30.0 Å². The third-order valence-electron chi connectivity index (χ3n) is 2.83. The van der Waals surface area contributed by atoms with Crippen LogP contribution in [-0.2, 0) is 0 Å². The number of hydrogen-bond donors (Lipinski definition) is 0. The Morgan fingerprint density at radius 3 is 2.65 bits per heavy atom.